The molecule has 4 heteroatoms. The summed E-state index contributed by atoms with van der Waals surface area (Å²) in [4.78, 5) is 14.6. The number of ether oxygens (including phenoxy) is 1. The van der Waals surface area contributed by atoms with Gasteiger partial charge in [-0.1, -0.05) is 43.2 Å². The lowest BCUT2D eigenvalue weighted by atomic mass is 9.86. The lowest BCUT2D eigenvalue weighted by Gasteiger charge is -2.26. The highest BCUT2D eigenvalue weighted by molar-refractivity contribution is 5.86. The standard InChI is InChI=1S/C20H26N2O2/c21-16-20(11-4-5-12-20)19(23)22-13-10-18(15-22)24-14-6-9-17-7-2-1-3-8-17/h1-3,7-8,18H,4-6,9-15H2. The molecule has 2 fully saturated rings. The van der Waals surface area contributed by atoms with Gasteiger partial charge in [0, 0.05) is 19.7 Å². The zero-order chi connectivity index (χ0) is 16.8. The summed E-state index contributed by atoms with van der Waals surface area (Å²) in [6, 6.07) is 12.7. The smallest absolute Gasteiger partial charge is 0.243 e. The Morgan fingerprint density at radius 2 is 2.04 bits per heavy atom. The molecule has 1 aliphatic heterocycles. The molecule has 1 amide bonds. The average Bonchev–Trinajstić information content (AvgIpc) is 3.29. The molecule has 1 aliphatic carbocycles. The molecule has 1 saturated heterocycles. The number of amides is 1. The van der Waals surface area contributed by atoms with E-state index in [4.69, 9.17) is 4.74 Å². The van der Waals surface area contributed by atoms with Crippen LogP contribution < -0.4 is 0 Å². The molecule has 0 bridgehead atoms. The molecule has 1 aromatic carbocycles. The Morgan fingerprint density at radius 1 is 1.29 bits per heavy atom. The van der Waals surface area contributed by atoms with Crippen molar-refractivity contribution in [3.05, 3.63) is 35.9 Å². The van der Waals surface area contributed by atoms with Gasteiger partial charge in [-0.2, -0.15) is 5.26 Å². The minimum Gasteiger partial charge on any atom is -0.376 e. The molecular formula is C20H26N2O2. The normalized spacial score (nSPS) is 22.5. The summed E-state index contributed by atoms with van der Waals surface area (Å²) in [5.74, 6) is 0.0397. The van der Waals surface area contributed by atoms with Gasteiger partial charge < -0.3 is 9.64 Å². The van der Waals surface area contributed by atoms with Crippen LogP contribution in [0.5, 0.6) is 0 Å². The zero-order valence-corrected chi connectivity index (χ0v) is 14.2. The van der Waals surface area contributed by atoms with Crippen molar-refractivity contribution in [2.24, 2.45) is 5.41 Å². The molecule has 0 N–H and O–H groups in total. The number of rotatable bonds is 6. The van der Waals surface area contributed by atoms with Crippen LogP contribution >= 0.6 is 0 Å². The number of nitrogens with zero attached hydrogens (tertiary/aromatic N) is 2. The molecule has 4 nitrogen and oxygen atoms in total. The van der Waals surface area contributed by atoms with Gasteiger partial charge in [-0.05, 0) is 37.7 Å². The molecule has 1 heterocycles. The van der Waals surface area contributed by atoms with E-state index in [1.165, 1.54) is 5.56 Å². The zero-order valence-electron chi connectivity index (χ0n) is 14.2. The fourth-order valence-corrected chi connectivity index (χ4v) is 3.87. The maximum absolute atomic E-state index is 12.7. The lowest BCUT2D eigenvalue weighted by Crippen LogP contribution is -2.41. The number of aryl methyl sites for hydroxylation is 1. The molecule has 24 heavy (non-hydrogen) atoms. The third-order valence-electron chi connectivity index (χ3n) is 5.32. The Kier molecular flexibility index (Phi) is 5.52. The molecule has 128 valence electrons. The van der Waals surface area contributed by atoms with Crippen molar-refractivity contribution < 1.29 is 9.53 Å². The predicted octanol–water partition coefficient (Wildman–Crippen LogP) is 3.32. The van der Waals surface area contributed by atoms with E-state index in [0.29, 0.717) is 6.54 Å². The van der Waals surface area contributed by atoms with Gasteiger partial charge in [0.2, 0.25) is 5.91 Å². The second-order valence-electron chi connectivity index (χ2n) is 7.02. The first-order chi connectivity index (χ1) is 11.7. The van der Waals surface area contributed by atoms with Crippen molar-refractivity contribution in [3.63, 3.8) is 0 Å². The van der Waals surface area contributed by atoms with Crippen LogP contribution in [0.25, 0.3) is 0 Å². The van der Waals surface area contributed by atoms with Gasteiger partial charge in [0.25, 0.3) is 0 Å². The summed E-state index contributed by atoms with van der Waals surface area (Å²) in [5, 5.41) is 9.47. The van der Waals surface area contributed by atoms with Crippen LogP contribution in [0.2, 0.25) is 0 Å². The Labute approximate surface area is 144 Å². The number of nitriles is 1. The van der Waals surface area contributed by atoms with Crippen LogP contribution in [0.4, 0.5) is 0 Å². The van der Waals surface area contributed by atoms with Gasteiger partial charge >= 0.3 is 0 Å². The molecule has 3 rings (SSSR count). The fraction of sp³-hybridized carbons (Fsp3) is 0.600. The second kappa shape index (κ2) is 7.81. The maximum Gasteiger partial charge on any atom is 0.243 e. The molecule has 0 spiro atoms. The van der Waals surface area contributed by atoms with Gasteiger partial charge in [0.05, 0.1) is 12.2 Å². The van der Waals surface area contributed by atoms with Crippen molar-refractivity contribution in [1.29, 1.82) is 5.26 Å². The minimum absolute atomic E-state index is 0.0397. The summed E-state index contributed by atoms with van der Waals surface area (Å²) in [7, 11) is 0. The van der Waals surface area contributed by atoms with E-state index in [0.717, 1.165) is 58.1 Å². The number of likely N-dealkylation sites (tertiary alicyclic amines) is 1. The molecular weight excluding hydrogens is 300 g/mol. The Hall–Kier alpha value is -1.86. The summed E-state index contributed by atoms with van der Waals surface area (Å²) in [5.41, 5.74) is 0.587. The summed E-state index contributed by atoms with van der Waals surface area (Å²) >= 11 is 0. The molecule has 1 unspecified atom stereocenters. The van der Waals surface area contributed by atoms with Crippen LogP contribution in [0.3, 0.4) is 0 Å². The molecule has 2 aliphatic rings. The summed E-state index contributed by atoms with van der Waals surface area (Å²) in [6.45, 7) is 2.10. The van der Waals surface area contributed by atoms with E-state index in [-0.39, 0.29) is 12.0 Å². The number of benzene rings is 1. The van der Waals surface area contributed by atoms with Crippen molar-refractivity contribution in [3.8, 4) is 6.07 Å². The van der Waals surface area contributed by atoms with Crippen LogP contribution in [0, 0.1) is 16.7 Å². The van der Waals surface area contributed by atoms with E-state index >= 15 is 0 Å². The summed E-state index contributed by atoms with van der Waals surface area (Å²) in [6.07, 6.45) is 6.46. The lowest BCUT2D eigenvalue weighted by molar-refractivity contribution is -0.138. The van der Waals surface area contributed by atoms with Crippen LogP contribution in [0.1, 0.15) is 44.1 Å². The van der Waals surface area contributed by atoms with E-state index in [2.05, 4.69) is 30.3 Å². The number of carbonyl (C=O) groups is 1. The van der Waals surface area contributed by atoms with Gasteiger partial charge in [0.1, 0.15) is 5.41 Å². The van der Waals surface area contributed by atoms with Gasteiger partial charge in [-0.25, -0.2) is 0 Å². The SMILES string of the molecule is N#CC1(C(=O)N2CCC(OCCCc3ccccc3)C2)CCCC1. The maximum atomic E-state index is 12.7. The summed E-state index contributed by atoms with van der Waals surface area (Å²) < 4.78 is 5.96. The average molecular weight is 326 g/mol. The molecule has 0 radical (unpaired) electrons. The highest BCUT2D eigenvalue weighted by atomic mass is 16.5. The Morgan fingerprint density at radius 3 is 2.75 bits per heavy atom. The number of hydrogen-bond donors (Lipinski definition) is 0. The van der Waals surface area contributed by atoms with E-state index in [9.17, 15) is 10.1 Å². The quantitative estimate of drug-likeness (QED) is 0.754. The van der Waals surface area contributed by atoms with Crippen molar-refractivity contribution in [2.75, 3.05) is 19.7 Å². The highest BCUT2D eigenvalue weighted by Gasteiger charge is 2.45. The monoisotopic (exact) mass is 326 g/mol. The first kappa shape index (κ1) is 17.0. The second-order valence-corrected chi connectivity index (χ2v) is 7.02. The van der Waals surface area contributed by atoms with Crippen molar-refractivity contribution in [1.82, 2.24) is 4.90 Å². The topological polar surface area (TPSA) is 53.3 Å². The first-order valence-corrected chi connectivity index (χ1v) is 9.10. The van der Waals surface area contributed by atoms with Crippen LogP contribution in [0.15, 0.2) is 30.3 Å². The highest BCUT2D eigenvalue weighted by Crippen LogP contribution is 2.39. The van der Waals surface area contributed by atoms with Gasteiger partial charge in [0.15, 0.2) is 0 Å². The predicted molar refractivity (Wildman–Crippen MR) is 92.2 cm³/mol. The Bertz CT molecular complexity index is 587. The van der Waals surface area contributed by atoms with E-state index in [1.54, 1.807) is 0 Å². The van der Waals surface area contributed by atoms with Crippen molar-refractivity contribution >= 4 is 5.91 Å². The third-order valence-corrected chi connectivity index (χ3v) is 5.32. The number of carbonyl (C=O) groups excluding carboxylic acids is 1. The van der Waals surface area contributed by atoms with Gasteiger partial charge in [-0.3, -0.25) is 4.79 Å². The van der Waals surface area contributed by atoms with E-state index in [1.807, 2.05) is 11.0 Å². The molecule has 1 saturated carbocycles. The molecule has 1 atom stereocenters. The number of hydrogen-bond acceptors (Lipinski definition) is 3. The van der Waals surface area contributed by atoms with E-state index < -0.39 is 5.41 Å². The van der Waals surface area contributed by atoms with Gasteiger partial charge in [-0.15, -0.1) is 0 Å². The van der Waals surface area contributed by atoms with Crippen LogP contribution in [-0.4, -0.2) is 36.6 Å². The fourth-order valence-electron chi connectivity index (χ4n) is 3.87. The minimum atomic E-state index is -0.748. The molecule has 1 aromatic rings. The van der Waals surface area contributed by atoms with Crippen molar-refractivity contribution in [2.45, 2.75) is 51.0 Å². The third kappa shape index (κ3) is 3.79. The molecule has 0 aromatic heterocycles. The largest absolute Gasteiger partial charge is 0.376 e. The first-order valence-electron chi connectivity index (χ1n) is 9.10. The van der Waals surface area contributed by atoms with Crippen LogP contribution in [-0.2, 0) is 16.0 Å². The Balaban J connectivity index is 1.41.